The molecule has 5 heteroatoms. The van der Waals surface area contributed by atoms with E-state index in [-0.39, 0.29) is 11.8 Å². The van der Waals surface area contributed by atoms with Crippen LogP contribution in [0.2, 0.25) is 0 Å². The van der Waals surface area contributed by atoms with E-state index in [2.05, 4.69) is 46.5 Å². The highest BCUT2D eigenvalue weighted by Crippen LogP contribution is 2.34. The standard InChI is InChI=1S/C25H30N4O/c1-18(28-14-11-20-4-2-3-5-23(20)17-28)19-6-8-21(9-7-19)25(30)27-29-15-12-22-16-26-13-10-24(22)29/h2-5,10,12-13,15-16,18-19,21H,6-9,11,14,17H2,1H3,(H,27,30). The molecule has 1 N–H and O–H groups in total. The molecule has 3 aromatic rings. The van der Waals surface area contributed by atoms with Crippen molar-refractivity contribution in [2.24, 2.45) is 11.8 Å². The van der Waals surface area contributed by atoms with Gasteiger partial charge in [-0.05, 0) is 68.2 Å². The SMILES string of the molecule is CC(C1CCC(C(=O)Nn2ccc3cnccc32)CC1)N1CCc2ccccc2C1. The number of aromatic nitrogens is 2. The van der Waals surface area contributed by atoms with Crippen molar-refractivity contribution in [3.05, 3.63) is 66.1 Å². The van der Waals surface area contributed by atoms with Gasteiger partial charge in [-0.25, -0.2) is 0 Å². The molecule has 3 heterocycles. The van der Waals surface area contributed by atoms with Gasteiger partial charge >= 0.3 is 0 Å². The zero-order chi connectivity index (χ0) is 20.5. The number of fused-ring (bicyclic) bond motifs is 2. The molecule has 2 aromatic heterocycles. The molecule has 5 nitrogen and oxygen atoms in total. The largest absolute Gasteiger partial charge is 0.296 e. The summed E-state index contributed by atoms with van der Waals surface area (Å²) in [6.45, 7) is 4.60. The summed E-state index contributed by atoms with van der Waals surface area (Å²) in [6, 6.07) is 13.3. The Morgan fingerprint density at radius 1 is 1.10 bits per heavy atom. The first-order valence-electron chi connectivity index (χ1n) is 11.2. The molecular weight excluding hydrogens is 372 g/mol. The summed E-state index contributed by atoms with van der Waals surface area (Å²) in [5, 5.41) is 1.04. The fourth-order valence-electron chi connectivity index (χ4n) is 5.32. The maximum atomic E-state index is 12.9. The van der Waals surface area contributed by atoms with Crippen LogP contribution >= 0.6 is 0 Å². The molecule has 1 saturated carbocycles. The van der Waals surface area contributed by atoms with Crippen molar-refractivity contribution in [2.75, 3.05) is 12.0 Å². The Morgan fingerprint density at radius 3 is 2.73 bits per heavy atom. The minimum Gasteiger partial charge on any atom is -0.296 e. The lowest BCUT2D eigenvalue weighted by Crippen LogP contribution is -2.43. The molecule has 1 amide bonds. The fraction of sp³-hybridized carbons (Fsp3) is 0.440. The zero-order valence-corrected chi connectivity index (χ0v) is 17.6. The van der Waals surface area contributed by atoms with Gasteiger partial charge in [0.25, 0.3) is 0 Å². The minimum absolute atomic E-state index is 0.106. The quantitative estimate of drug-likeness (QED) is 0.705. The number of nitrogens with zero attached hydrogens (tertiary/aromatic N) is 3. The summed E-state index contributed by atoms with van der Waals surface area (Å²) in [7, 11) is 0. The lowest BCUT2D eigenvalue weighted by atomic mass is 9.78. The second-order valence-electron chi connectivity index (χ2n) is 8.94. The van der Waals surface area contributed by atoms with Crippen LogP contribution in [0.4, 0.5) is 0 Å². The number of nitrogens with one attached hydrogen (secondary N) is 1. The highest BCUT2D eigenvalue weighted by molar-refractivity contribution is 5.89. The van der Waals surface area contributed by atoms with Crippen LogP contribution in [0.1, 0.15) is 43.7 Å². The number of carbonyl (C=O) groups excluding carboxylic acids is 1. The maximum absolute atomic E-state index is 12.9. The third kappa shape index (κ3) is 3.74. The van der Waals surface area contributed by atoms with Crippen LogP contribution in [-0.4, -0.2) is 33.1 Å². The fourth-order valence-corrected chi connectivity index (χ4v) is 5.32. The number of carbonyl (C=O) groups is 1. The van der Waals surface area contributed by atoms with E-state index in [4.69, 9.17) is 0 Å². The predicted molar refractivity (Wildman–Crippen MR) is 120 cm³/mol. The van der Waals surface area contributed by atoms with Gasteiger partial charge in [-0.15, -0.1) is 0 Å². The number of hydrogen-bond donors (Lipinski definition) is 1. The molecule has 30 heavy (non-hydrogen) atoms. The van der Waals surface area contributed by atoms with Crippen molar-refractivity contribution >= 4 is 16.8 Å². The summed E-state index contributed by atoms with van der Waals surface area (Å²) < 4.78 is 1.83. The summed E-state index contributed by atoms with van der Waals surface area (Å²) >= 11 is 0. The van der Waals surface area contributed by atoms with E-state index in [0.717, 1.165) is 56.1 Å². The Labute approximate surface area is 178 Å². The molecule has 1 aliphatic carbocycles. The molecule has 1 aliphatic heterocycles. The minimum atomic E-state index is 0.106. The van der Waals surface area contributed by atoms with Gasteiger partial charge < -0.3 is 0 Å². The third-order valence-corrected chi connectivity index (χ3v) is 7.28. The first-order chi connectivity index (χ1) is 14.7. The lowest BCUT2D eigenvalue weighted by Gasteiger charge is -2.40. The normalized spacial score (nSPS) is 23.1. The Bertz CT molecular complexity index is 1030. The van der Waals surface area contributed by atoms with Crippen molar-refractivity contribution in [3.8, 4) is 0 Å². The van der Waals surface area contributed by atoms with Gasteiger partial charge in [0, 0.05) is 49.0 Å². The van der Waals surface area contributed by atoms with Crippen LogP contribution in [0, 0.1) is 11.8 Å². The van der Waals surface area contributed by atoms with Gasteiger partial charge in [0.1, 0.15) is 0 Å². The molecule has 0 spiro atoms. The number of pyridine rings is 1. The van der Waals surface area contributed by atoms with Gasteiger partial charge in [-0.2, -0.15) is 0 Å². The Morgan fingerprint density at radius 2 is 1.90 bits per heavy atom. The Balaban J connectivity index is 1.17. The van der Waals surface area contributed by atoms with Crippen LogP contribution in [0.3, 0.4) is 0 Å². The average Bonchev–Trinajstić information content (AvgIpc) is 3.21. The number of benzene rings is 1. The molecule has 1 fully saturated rings. The molecule has 2 aliphatic rings. The second kappa shape index (κ2) is 8.23. The molecule has 0 bridgehead atoms. The molecule has 0 saturated heterocycles. The van der Waals surface area contributed by atoms with E-state index < -0.39 is 0 Å². The molecule has 0 radical (unpaired) electrons. The van der Waals surface area contributed by atoms with Gasteiger partial charge in [0.05, 0.1) is 5.52 Å². The summed E-state index contributed by atoms with van der Waals surface area (Å²) in [5.74, 6) is 0.926. The van der Waals surface area contributed by atoms with Gasteiger partial charge in [-0.3, -0.25) is 24.8 Å². The molecule has 5 rings (SSSR count). The van der Waals surface area contributed by atoms with Gasteiger partial charge in [0.2, 0.25) is 5.91 Å². The first-order valence-corrected chi connectivity index (χ1v) is 11.2. The van der Waals surface area contributed by atoms with E-state index in [1.54, 1.807) is 6.20 Å². The van der Waals surface area contributed by atoms with Gasteiger partial charge in [0.15, 0.2) is 0 Å². The third-order valence-electron chi connectivity index (χ3n) is 7.28. The van der Waals surface area contributed by atoms with Crippen LogP contribution in [0.15, 0.2) is 55.0 Å². The summed E-state index contributed by atoms with van der Waals surface area (Å²) in [6.07, 6.45) is 10.9. The predicted octanol–water partition coefficient (Wildman–Crippen LogP) is 4.36. The van der Waals surface area contributed by atoms with Crippen molar-refractivity contribution < 1.29 is 4.79 Å². The van der Waals surface area contributed by atoms with E-state index in [9.17, 15) is 4.79 Å². The Hall–Kier alpha value is -2.66. The van der Waals surface area contributed by atoms with Crippen LogP contribution in [0.5, 0.6) is 0 Å². The molecule has 1 unspecified atom stereocenters. The highest BCUT2D eigenvalue weighted by atomic mass is 16.2. The van der Waals surface area contributed by atoms with E-state index in [1.165, 1.54) is 11.1 Å². The van der Waals surface area contributed by atoms with Crippen LogP contribution in [-0.2, 0) is 17.8 Å². The topological polar surface area (TPSA) is 50.2 Å². The van der Waals surface area contributed by atoms with Crippen molar-refractivity contribution in [1.82, 2.24) is 14.6 Å². The number of hydrogen-bond acceptors (Lipinski definition) is 3. The van der Waals surface area contributed by atoms with E-state index in [0.29, 0.717) is 12.0 Å². The lowest BCUT2D eigenvalue weighted by molar-refractivity contribution is -0.122. The molecule has 1 atom stereocenters. The number of amides is 1. The number of rotatable bonds is 4. The summed E-state index contributed by atoms with van der Waals surface area (Å²) in [4.78, 5) is 19.7. The van der Waals surface area contributed by atoms with Crippen molar-refractivity contribution in [2.45, 2.75) is 51.6 Å². The smallest absolute Gasteiger partial charge is 0.241 e. The molecule has 156 valence electrons. The average molecular weight is 403 g/mol. The van der Waals surface area contributed by atoms with Crippen LogP contribution < -0.4 is 5.43 Å². The van der Waals surface area contributed by atoms with E-state index >= 15 is 0 Å². The van der Waals surface area contributed by atoms with Crippen molar-refractivity contribution in [3.63, 3.8) is 0 Å². The second-order valence-corrected chi connectivity index (χ2v) is 8.94. The maximum Gasteiger partial charge on any atom is 0.241 e. The molecule has 1 aromatic carbocycles. The zero-order valence-electron chi connectivity index (χ0n) is 17.6. The van der Waals surface area contributed by atoms with E-state index in [1.807, 2.05) is 29.2 Å². The Kier molecular flexibility index (Phi) is 5.30. The van der Waals surface area contributed by atoms with Crippen molar-refractivity contribution in [1.29, 1.82) is 0 Å². The highest BCUT2D eigenvalue weighted by Gasteiger charge is 2.32. The first kappa shape index (κ1) is 19.3. The molecular formula is C25H30N4O. The van der Waals surface area contributed by atoms with Crippen LogP contribution in [0.25, 0.3) is 10.9 Å². The van der Waals surface area contributed by atoms with Gasteiger partial charge in [-0.1, -0.05) is 24.3 Å². The summed E-state index contributed by atoms with van der Waals surface area (Å²) in [5.41, 5.74) is 7.08. The monoisotopic (exact) mass is 402 g/mol.